The quantitative estimate of drug-likeness (QED) is 0.428. The number of nitrogens with zero attached hydrogens (tertiary/aromatic N) is 2. The van der Waals surface area contributed by atoms with Gasteiger partial charge in [0.25, 0.3) is 5.91 Å². The van der Waals surface area contributed by atoms with E-state index in [1.807, 2.05) is 22.6 Å². The van der Waals surface area contributed by atoms with Crippen LogP contribution in [0.1, 0.15) is 25.5 Å². The van der Waals surface area contributed by atoms with E-state index in [0.717, 1.165) is 41.0 Å². The van der Waals surface area contributed by atoms with Crippen LogP contribution in [0.25, 0.3) is 5.65 Å². The number of unbranched alkanes of at least 4 members (excludes halogenated alkanes) is 1. The molecule has 2 aromatic rings. The Morgan fingerprint density at radius 1 is 1.50 bits per heavy atom. The third kappa shape index (κ3) is 3.10. The molecule has 0 saturated heterocycles. The highest BCUT2D eigenvalue weighted by Gasteiger charge is 2.14. The molecular weight excluding hydrogens is 324 g/mol. The van der Waals surface area contributed by atoms with Crippen molar-refractivity contribution < 1.29 is 10.0 Å². The molecule has 0 atom stereocenters. The van der Waals surface area contributed by atoms with Crippen LogP contribution in [0.4, 0.5) is 5.82 Å². The van der Waals surface area contributed by atoms with Crippen molar-refractivity contribution in [2.45, 2.75) is 26.2 Å². The number of carbonyl (C=O) groups is 1. The van der Waals surface area contributed by atoms with Gasteiger partial charge in [-0.2, -0.15) is 0 Å². The lowest BCUT2D eigenvalue weighted by Crippen LogP contribution is -2.27. The summed E-state index contributed by atoms with van der Waals surface area (Å²) in [5, 5.41) is 11.6. The van der Waals surface area contributed by atoms with Crippen LogP contribution in [-0.4, -0.2) is 27.0 Å². The molecule has 6 nitrogen and oxygen atoms in total. The third-order valence-electron chi connectivity index (χ3n) is 2.98. The van der Waals surface area contributed by atoms with Gasteiger partial charge < -0.3 is 5.32 Å². The molecule has 0 spiro atoms. The highest BCUT2D eigenvalue weighted by Crippen LogP contribution is 2.24. The molecule has 0 fully saturated rings. The number of nitrogens with one attached hydrogen (secondary N) is 2. The van der Waals surface area contributed by atoms with Gasteiger partial charge in [0, 0.05) is 0 Å². The lowest BCUT2D eigenvalue weighted by molar-refractivity contribution is -0.127. The minimum Gasteiger partial charge on any atom is -0.360 e. The number of amides is 1. The molecule has 0 aliphatic rings. The van der Waals surface area contributed by atoms with Gasteiger partial charge in [-0.15, -0.1) is 0 Å². The first-order valence-electron chi connectivity index (χ1n) is 6.50. The van der Waals surface area contributed by atoms with E-state index in [0.29, 0.717) is 0 Å². The molecule has 1 amide bonds. The SMILES string of the molecule is CCCCc1nc2cccc(Br)n2c1NCC(=O)NO. The summed E-state index contributed by atoms with van der Waals surface area (Å²) in [4.78, 5) is 15.8. The maximum Gasteiger partial charge on any atom is 0.262 e. The fraction of sp³-hybridized carbons (Fsp3) is 0.385. The van der Waals surface area contributed by atoms with E-state index in [2.05, 4.69) is 33.2 Å². The first-order chi connectivity index (χ1) is 9.67. The molecule has 0 aliphatic heterocycles. The maximum atomic E-state index is 11.2. The molecule has 0 bridgehead atoms. The predicted molar refractivity (Wildman–Crippen MR) is 79.9 cm³/mol. The number of anilines is 1. The van der Waals surface area contributed by atoms with Crippen molar-refractivity contribution >= 4 is 33.3 Å². The Labute approximate surface area is 125 Å². The number of fused-ring (bicyclic) bond motifs is 1. The molecule has 2 rings (SSSR count). The highest BCUT2D eigenvalue weighted by atomic mass is 79.9. The predicted octanol–water partition coefficient (Wildman–Crippen LogP) is 2.36. The minimum atomic E-state index is -0.492. The number of imidazole rings is 1. The number of halogens is 1. The number of pyridine rings is 1. The summed E-state index contributed by atoms with van der Waals surface area (Å²) in [5.74, 6) is 0.290. The average molecular weight is 341 g/mol. The van der Waals surface area contributed by atoms with Gasteiger partial charge >= 0.3 is 0 Å². The summed E-state index contributed by atoms with van der Waals surface area (Å²) in [6, 6.07) is 5.74. The van der Waals surface area contributed by atoms with Gasteiger partial charge in [0.1, 0.15) is 11.5 Å². The van der Waals surface area contributed by atoms with Crippen LogP contribution in [-0.2, 0) is 11.2 Å². The zero-order valence-electron chi connectivity index (χ0n) is 11.2. The number of hydrogen-bond acceptors (Lipinski definition) is 4. The maximum absolute atomic E-state index is 11.2. The molecule has 0 aliphatic carbocycles. The molecule has 0 aromatic carbocycles. The van der Waals surface area contributed by atoms with Gasteiger partial charge in [0.15, 0.2) is 0 Å². The average Bonchev–Trinajstić information content (AvgIpc) is 2.81. The first-order valence-corrected chi connectivity index (χ1v) is 7.29. The normalized spacial score (nSPS) is 10.8. The summed E-state index contributed by atoms with van der Waals surface area (Å²) >= 11 is 3.49. The molecule has 0 saturated carbocycles. The van der Waals surface area contributed by atoms with Crippen molar-refractivity contribution in [3.05, 3.63) is 28.5 Å². The van der Waals surface area contributed by atoms with Gasteiger partial charge in [0.2, 0.25) is 0 Å². The summed E-state index contributed by atoms with van der Waals surface area (Å²) in [6.45, 7) is 2.11. The Bertz CT molecular complexity index is 612. The topological polar surface area (TPSA) is 78.7 Å². The number of aryl methyl sites for hydroxylation is 1. The highest BCUT2D eigenvalue weighted by molar-refractivity contribution is 9.10. The van der Waals surface area contributed by atoms with Crippen LogP contribution in [0.15, 0.2) is 22.8 Å². The minimum absolute atomic E-state index is 0.00917. The van der Waals surface area contributed by atoms with E-state index < -0.39 is 5.91 Å². The molecule has 7 heteroatoms. The lowest BCUT2D eigenvalue weighted by Gasteiger charge is -2.08. The Balaban J connectivity index is 2.37. The number of carbonyl (C=O) groups excluding carboxylic acids is 1. The lowest BCUT2D eigenvalue weighted by atomic mass is 10.2. The van der Waals surface area contributed by atoms with Gasteiger partial charge in [-0.1, -0.05) is 19.4 Å². The van der Waals surface area contributed by atoms with E-state index in [4.69, 9.17) is 5.21 Å². The second-order valence-corrected chi connectivity index (χ2v) is 5.25. The van der Waals surface area contributed by atoms with Crippen LogP contribution in [0.2, 0.25) is 0 Å². The number of aromatic nitrogens is 2. The summed E-state index contributed by atoms with van der Waals surface area (Å²) < 4.78 is 2.77. The number of hydrogen-bond donors (Lipinski definition) is 3. The number of rotatable bonds is 6. The second kappa shape index (κ2) is 6.71. The zero-order chi connectivity index (χ0) is 14.5. The molecule has 0 unspecified atom stereocenters. The van der Waals surface area contributed by atoms with Gasteiger partial charge in [-0.25, -0.2) is 10.5 Å². The Hall–Kier alpha value is -1.60. The molecule has 2 aromatic heterocycles. The summed E-state index contributed by atoms with van der Waals surface area (Å²) in [7, 11) is 0. The van der Waals surface area contributed by atoms with Crippen LogP contribution >= 0.6 is 15.9 Å². The van der Waals surface area contributed by atoms with E-state index >= 15 is 0 Å². The van der Waals surface area contributed by atoms with Gasteiger partial charge in [0.05, 0.1) is 16.8 Å². The Kier molecular flexibility index (Phi) is 4.97. The van der Waals surface area contributed by atoms with E-state index in [1.54, 1.807) is 5.48 Å². The van der Waals surface area contributed by atoms with Crippen molar-refractivity contribution in [1.82, 2.24) is 14.9 Å². The van der Waals surface area contributed by atoms with Crippen molar-refractivity contribution in [2.75, 3.05) is 11.9 Å². The van der Waals surface area contributed by atoms with Crippen molar-refractivity contribution in [2.24, 2.45) is 0 Å². The first kappa shape index (κ1) is 14.8. The molecule has 20 heavy (non-hydrogen) atoms. The van der Waals surface area contributed by atoms with Crippen LogP contribution in [0.3, 0.4) is 0 Å². The van der Waals surface area contributed by atoms with Crippen LogP contribution in [0, 0.1) is 0 Å². The molecular formula is C13H17BrN4O2. The molecule has 0 radical (unpaired) electrons. The molecule has 2 heterocycles. The van der Waals surface area contributed by atoms with E-state index in [-0.39, 0.29) is 6.54 Å². The smallest absolute Gasteiger partial charge is 0.262 e. The van der Waals surface area contributed by atoms with E-state index in [1.165, 1.54) is 0 Å². The van der Waals surface area contributed by atoms with Crippen molar-refractivity contribution in [3.8, 4) is 0 Å². The third-order valence-corrected chi connectivity index (χ3v) is 3.60. The Morgan fingerprint density at radius 3 is 3.00 bits per heavy atom. The fourth-order valence-electron chi connectivity index (χ4n) is 2.00. The van der Waals surface area contributed by atoms with Crippen molar-refractivity contribution in [3.63, 3.8) is 0 Å². The molecule has 3 N–H and O–H groups in total. The van der Waals surface area contributed by atoms with Crippen LogP contribution < -0.4 is 10.8 Å². The Morgan fingerprint density at radius 2 is 2.30 bits per heavy atom. The molecule has 108 valence electrons. The zero-order valence-corrected chi connectivity index (χ0v) is 12.8. The van der Waals surface area contributed by atoms with E-state index in [9.17, 15) is 4.79 Å². The van der Waals surface area contributed by atoms with Gasteiger partial charge in [-0.3, -0.25) is 14.4 Å². The van der Waals surface area contributed by atoms with Crippen LogP contribution in [0.5, 0.6) is 0 Å². The monoisotopic (exact) mass is 340 g/mol. The van der Waals surface area contributed by atoms with Crippen molar-refractivity contribution in [1.29, 1.82) is 0 Å². The van der Waals surface area contributed by atoms with Gasteiger partial charge in [-0.05, 0) is 40.9 Å². The standard InChI is InChI=1S/C13H17BrN4O2/c1-2-3-5-9-13(15-8-12(19)17-20)18-10(14)6-4-7-11(18)16-9/h4,6-7,15,20H,2-3,5,8H2,1H3,(H,17,19). The number of hydroxylamine groups is 1. The second-order valence-electron chi connectivity index (χ2n) is 4.44. The largest absolute Gasteiger partial charge is 0.360 e. The summed E-state index contributed by atoms with van der Waals surface area (Å²) in [5.41, 5.74) is 3.35. The fourth-order valence-corrected chi connectivity index (χ4v) is 2.52. The summed E-state index contributed by atoms with van der Waals surface area (Å²) in [6.07, 6.45) is 2.95.